The first kappa shape index (κ1) is 13.4. The maximum absolute atomic E-state index is 5.97. The van der Waals surface area contributed by atoms with Crippen molar-refractivity contribution in [3.05, 3.63) is 30.1 Å². The third-order valence-electron chi connectivity index (χ3n) is 4.53. The maximum atomic E-state index is 5.97. The van der Waals surface area contributed by atoms with Gasteiger partial charge in [0.2, 0.25) is 0 Å². The summed E-state index contributed by atoms with van der Waals surface area (Å²) in [6, 6.07) is 6.12. The Morgan fingerprint density at radius 1 is 1.30 bits per heavy atom. The Morgan fingerprint density at radius 3 is 3.00 bits per heavy atom. The number of pyridine rings is 1. The molecule has 3 rings (SSSR count). The van der Waals surface area contributed by atoms with Crippen LogP contribution >= 0.6 is 0 Å². The van der Waals surface area contributed by atoms with E-state index in [0.29, 0.717) is 6.54 Å². The predicted molar refractivity (Wildman–Crippen MR) is 82.9 cm³/mol. The van der Waals surface area contributed by atoms with E-state index in [1.807, 2.05) is 12.1 Å². The lowest BCUT2D eigenvalue weighted by Gasteiger charge is -2.21. The van der Waals surface area contributed by atoms with Crippen LogP contribution < -0.4 is 10.6 Å². The van der Waals surface area contributed by atoms with Crippen LogP contribution in [0.1, 0.15) is 38.3 Å². The van der Waals surface area contributed by atoms with Crippen LogP contribution in [-0.4, -0.2) is 22.5 Å². The second-order valence-corrected chi connectivity index (χ2v) is 5.71. The number of hydrogen-bond acceptors (Lipinski definition) is 3. The first-order valence-corrected chi connectivity index (χ1v) is 7.74. The van der Waals surface area contributed by atoms with Gasteiger partial charge in [0.05, 0.1) is 5.69 Å². The number of hydrogen-bond donors (Lipinski definition) is 1. The van der Waals surface area contributed by atoms with Crippen LogP contribution in [0.3, 0.4) is 0 Å². The molecule has 2 aromatic heterocycles. The van der Waals surface area contributed by atoms with Gasteiger partial charge in [0.1, 0.15) is 5.65 Å². The summed E-state index contributed by atoms with van der Waals surface area (Å²) in [5.74, 6) is 1.97. The van der Waals surface area contributed by atoms with E-state index in [0.717, 1.165) is 36.2 Å². The highest BCUT2D eigenvalue weighted by Gasteiger charge is 2.21. The summed E-state index contributed by atoms with van der Waals surface area (Å²) in [7, 11) is 0. The summed E-state index contributed by atoms with van der Waals surface area (Å²) in [6.07, 6.45) is 7.23. The van der Waals surface area contributed by atoms with Crippen molar-refractivity contribution < 1.29 is 0 Å². The van der Waals surface area contributed by atoms with Crippen molar-refractivity contribution in [2.75, 3.05) is 18.0 Å². The van der Waals surface area contributed by atoms with E-state index in [4.69, 9.17) is 10.7 Å². The minimum atomic E-state index is 0.536. The van der Waals surface area contributed by atoms with E-state index < -0.39 is 0 Å². The lowest BCUT2D eigenvalue weighted by molar-refractivity contribution is 0.459. The third-order valence-corrected chi connectivity index (χ3v) is 4.53. The Bertz CT molecular complexity index is 575. The molecule has 108 valence electrons. The lowest BCUT2D eigenvalue weighted by Crippen LogP contribution is -2.26. The van der Waals surface area contributed by atoms with Crippen LogP contribution in [0.5, 0.6) is 0 Å². The highest BCUT2D eigenvalue weighted by Crippen LogP contribution is 2.27. The molecule has 2 aromatic rings. The molecule has 1 saturated heterocycles. The highest BCUT2D eigenvalue weighted by atomic mass is 15.2. The zero-order chi connectivity index (χ0) is 13.9. The number of anilines is 1. The fourth-order valence-electron chi connectivity index (χ4n) is 3.26. The average Bonchev–Trinajstić information content (AvgIpc) is 2.69. The minimum Gasteiger partial charge on any atom is -0.355 e. The first-order chi connectivity index (χ1) is 9.83. The predicted octanol–water partition coefficient (Wildman–Crippen LogP) is 2.81. The number of fused-ring (bicyclic) bond motifs is 1. The van der Waals surface area contributed by atoms with Crippen LogP contribution in [-0.2, 0) is 6.54 Å². The van der Waals surface area contributed by atoms with Crippen LogP contribution in [0.4, 0.5) is 5.82 Å². The van der Waals surface area contributed by atoms with Gasteiger partial charge < -0.3 is 15.0 Å². The summed E-state index contributed by atoms with van der Waals surface area (Å²) in [5.41, 5.74) is 8.11. The van der Waals surface area contributed by atoms with Crippen molar-refractivity contribution in [3.8, 4) is 0 Å². The molecule has 4 heteroatoms. The standard InChI is InChI=1S/C16H24N4/c1-2-13-6-5-9-19(11-8-13)16-14(12-17)20-10-4-3-7-15(20)18-16/h3-4,7,10,13H,2,5-6,8-9,11-12,17H2,1H3. The monoisotopic (exact) mass is 272 g/mol. The maximum Gasteiger partial charge on any atom is 0.152 e. The quantitative estimate of drug-likeness (QED) is 0.934. The topological polar surface area (TPSA) is 46.6 Å². The molecule has 0 spiro atoms. The SMILES string of the molecule is CCC1CCCN(c2nc3ccccn3c2CN)CC1. The minimum absolute atomic E-state index is 0.536. The third kappa shape index (κ3) is 2.40. The Kier molecular flexibility index (Phi) is 3.92. The first-order valence-electron chi connectivity index (χ1n) is 7.74. The molecule has 0 amide bonds. The van der Waals surface area contributed by atoms with Gasteiger partial charge >= 0.3 is 0 Å². The summed E-state index contributed by atoms with van der Waals surface area (Å²) in [4.78, 5) is 7.24. The van der Waals surface area contributed by atoms with Crippen molar-refractivity contribution >= 4 is 11.5 Å². The van der Waals surface area contributed by atoms with Gasteiger partial charge in [-0.1, -0.05) is 19.4 Å². The second kappa shape index (κ2) is 5.83. The smallest absolute Gasteiger partial charge is 0.152 e. The summed E-state index contributed by atoms with van der Waals surface area (Å²) in [6.45, 7) is 5.05. The highest BCUT2D eigenvalue weighted by molar-refractivity contribution is 5.56. The van der Waals surface area contributed by atoms with Gasteiger partial charge in [-0.25, -0.2) is 4.98 Å². The molecule has 0 aliphatic carbocycles. The molecule has 0 radical (unpaired) electrons. The van der Waals surface area contributed by atoms with Crippen LogP contribution in [0.15, 0.2) is 24.4 Å². The molecule has 0 aromatic carbocycles. The molecular weight excluding hydrogens is 248 g/mol. The molecule has 20 heavy (non-hydrogen) atoms. The lowest BCUT2D eigenvalue weighted by atomic mass is 9.98. The number of nitrogens with two attached hydrogens (primary N) is 1. The molecule has 1 fully saturated rings. The van der Waals surface area contributed by atoms with E-state index in [9.17, 15) is 0 Å². The molecule has 2 N–H and O–H groups in total. The van der Waals surface area contributed by atoms with Crippen molar-refractivity contribution in [1.29, 1.82) is 0 Å². The second-order valence-electron chi connectivity index (χ2n) is 5.71. The number of rotatable bonds is 3. The van der Waals surface area contributed by atoms with Crippen molar-refractivity contribution in [3.63, 3.8) is 0 Å². The number of imidazole rings is 1. The molecular formula is C16H24N4. The van der Waals surface area contributed by atoms with E-state index in [-0.39, 0.29) is 0 Å². The van der Waals surface area contributed by atoms with Gasteiger partial charge in [-0.05, 0) is 37.3 Å². The van der Waals surface area contributed by atoms with E-state index in [1.54, 1.807) is 0 Å². The molecule has 4 nitrogen and oxygen atoms in total. The Hall–Kier alpha value is -1.55. The molecule has 0 bridgehead atoms. The van der Waals surface area contributed by atoms with Crippen molar-refractivity contribution in [2.45, 2.75) is 39.2 Å². The molecule has 1 atom stereocenters. The summed E-state index contributed by atoms with van der Waals surface area (Å²) < 4.78 is 2.12. The Labute approximate surface area is 120 Å². The van der Waals surface area contributed by atoms with Gasteiger partial charge in [-0.3, -0.25) is 0 Å². The van der Waals surface area contributed by atoms with Gasteiger partial charge in [0.15, 0.2) is 5.82 Å². The van der Waals surface area contributed by atoms with E-state index in [1.165, 1.54) is 25.7 Å². The average molecular weight is 272 g/mol. The van der Waals surface area contributed by atoms with Crippen molar-refractivity contribution in [2.24, 2.45) is 11.7 Å². The Morgan fingerprint density at radius 2 is 2.20 bits per heavy atom. The summed E-state index contributed by atoms with van der Waals surface area (Å²) >= 11 is 0. The van der Waals surface area contributed by atoms with Crippen LogP contribution in [0.25, 0.3) is 5.65 Å². The van der Waals surface area contributed by atoms with E-state index in [2.05, 4.69) is 28.5 Å². The van der Waals surface area contributed by atoms with Crippen LogP contribution in [0.2, 0.25) is 0 Å². The molecule has 1 unspecified atom stereocenters. The van der Waals surface area contributed by atoms with Gasteiger partial charge in [0, 0.05) is 25.8 Å². The zero-order valence-corrected chi connectivity index (χ0v) is 12.3. The number of aromatic nitrogens is 2. The molecule has 1 aliphatic heterocycles. The fourth-order valence-corrected chi connectivity index (χ4v) is 3.26. The Balaban J connectivity index is 1.93. The van der Waals surface area contributed by atoms with Gasteiger partial charge in [-0.2, -0.15) is 0 Å². The van der Waals surface area contributed by atoms with Crippen molar-refractivity contribution in [1.82, 2.24) is 9.38 Å². The van der Waals surface area contributed by atoms with Gasteiger partial charge in [-0.15, -0.1) is 0 Å². The van der Waals surface area contributed by atoms with Crippen LogP contribution in [0, 0.1) is 5.92 Å². The fraction of sp³-hybridized carbons (Fsp3) is 0.562. The molecule has 1 aliphatic rings. The van der Waals surface area contributed by atoms with E-state index >= 15 is 0 Å². The zero-order valence-electron chi connectivity index (χ0n) is 12.3. The molecule has 0 saturated carbocycles. The normalized spacial score (nSPS) is 20.3. The van der Waals surface area contributed by atoms with Gasteiger partial charge in [0.25, 0.3) is 0 Å². The summed E-state index contributed by atoms with van der Waals surface area (Å²) in [5, 5.41) is 0. The number of nitrogens with zero attached hydrogens (tertiary/aromatic N) is 3. The molecule has 3 heterocycles. The largest absolute Gasteiger partial charge is 0.355 e.